The van der Waals surface area contributed by atoms with Crippen LogP contribution in [0.4, 0.5) is 0 Å². The van der Waals surface area contributed by atoms with E-state index in [1.165, 1.54) is 0 Å². The molecule has 65 valence electrons. The van der Waals surface area contributed by atoms with Crippen molar-refractivity contribution in [3.8, 4) is 0 Å². The third-order valence-corrected chi connectivity index (χ3v) is 1.03. The van der Waals surface area contributed by atoms with E-state index in [-0.39, 0.29) is 32.6 Å². The Morgan fingerprint density at radius 1 is 1.64 bits per heavy atom. The number of amides is 1. The maximum atomic E-state index is 10.6. The number of hydrogen-bond donors (Lipinski definition) is 3. The molecule has 1 atom stereocenters. The molecule has 0 saturated carbocycles. The van der Waals surface area contributed by atoms with Gasteiger partial charge in [-0.1, -0.05) is 0 Å². The van der Waals surface area contributed by atoms with E-state index in [0.29, 0.717) is 0 Å². The summed E-state index contributed by atoms with van der Waals surface area (Å²) in [7, 11) is 0. The molecule has 0 aromatic heterocycles. The summed E-state index contributed by atoms with van der Waals surface area (Å²) in [6.45, 7) is 1.23. The molecule has 0 saturated heterocycles. The van der Waals surface area contributed by atoms with E-state index < -0.39 is 11.2 Å². The Kier molecular flexibility index (Phi) is 8.16. The minimum atomic E-state index is -1.05. The first kappa shape index (κ1) is 13.5. The second-order valence-electron chi connectivity index (χ2n) is 1.79. The van der Waals surface area contributed by atoms with Crippen LogP contribution in [0.25, 0.3) is 0 Å². The third-order valence-electron chi connectivity index (χ3n) is 0.793. The molecule has 1 radical (unpaired) electrons. The van der Waals surface area contributed by atoms with Crippen LogP contribution >= 0.6 is 12.6 Å². The summed E-state index contributed by atoms with van der Waals surface area (Å²) in [6.07, 6.45) is 0. The molecular formula is C5H9NO3STc. The van der Waals surface area contributed by atoms with Crippen LogP contribution in [0.1, 0.15) is 6.92 Å². The largest absolute Gasteiger partial charge is 0.480 e. The first-order valence-electron chi connectivity index (χ1n) is 2.71. The zero-order valence-electron chi connectivity index (χ0n) is 5.87. The molecule has 0 fully saturated rings. The van der Waals surface area contributed by atoms with Gasteiger partial charge in [-0.2, -0.15) is 12.6 Å². The van der Waals surface area contributed by atoms with E-state index in [1.54, 1.807) is 6.92 Å². The molecule has 0 aliphatic carbocycles. The quantitative estimate of drug-likeness (QED) is 0.601. The zero-order chi connectivity index (χ0) is 8.15. The third kappa shape index (κ3) is 7.84. The van der Waals surface area contributed by atoms with E-state index in [9.17, 15) is 9.59 Å². The molecule has 2 N–H and O–H groups in total. The predicted molar refractivity (Wildman–Crippen MR) is 39.1 cm³/mol. The van der Waals surface area contributed by atoms with Gasteiger partial charge in [-0.25, -0.2) is 0 Å². The Hall–Kier alpha value is -0.0606. The fourth-order valence-electron chi connectivity index (χ4n) is 0.310. The van der Waals surface area contributed by atoms with Crippen molar-refractivity contribution in [2.75, 3.05) is 6.54 Å². The van der Waals surface area contributed by atoms with Crippen LogP contribution in [0.15, 0.2) is 0 Å². The number of nitrogens with one attached hydrogen (secondary N) is 1. The molecule has 0 aromatic rings. The molecule has 0 bridgehead atoms. The molecule has 0 rings (SSSR count). The number of carbonyl (C=O) groups is 2. The number of rotatable bonds is 3. The number of carboxylic acid groups (broad SMARTS) is 1. The number of aliphatic carboxylic acids is 1. The number of carboxylic acids is 1. The van der Waals surface area contributed by atoms with Gasteiger partial charge in [-0.3, -0.25) is 9.59 Å². The fraction of sp³-hybridized carbons (Fsp3) is 0.600. The molecular weight excluding hydrogens is 253 g/mol. The summed E-state index contributed by atoms with van der Waals surface area (Å²) in [5, 5.41) is 9.81. The summed E-state index contributed by atoms with van der Waals surface area (Å²) in [5.74, 6) is -1.42. The van der Waals surface area contributed by atoms with Gasteiger partial charge < -0.3 is 10.4 Å². The Morgan fingerprint density at radius 3 is 2.36 bits per heavy atom. The van der Waals surface area contributed by atoms with Gasteiger partial charge in [0, 0.05) is 20.1 Å². The molecule has 0 aromatic carbocycles. The van der Waals surface area contributed by atoms with Crippen molar-refractivity contribution in [1.82, 2.24) is 5.32 Å². The van der Waals surface area contributed by atoms with E-state index in [4.69, 9.17) is 5.11 Å². The van der Waals surface area contributed by atoms with Crippen LogP contribution in [0.5, 0.6) is 0 Å². The van der Waals surface area contributed by atoms with Gasteiger partial charge in [0.1, 0.15) is 6.54 Å². The average molecular weight is 262 g/mol. The number of hydrogen-bond acceptors (Lipinski definition) is 3. The van der Waals surface area contributed by atoms with E-state index in [2.05, 4.69) is 17.9 Å². The Morgan fingerprint density at radius 2 is 2.09 bits per heavy atom. The summed E-state index contributed by atoms with van der Waals surface area (Å²) in [5.41, 5.74) is 0. The minimum Gasteiger partial charge on any atom is -0.480 e. The minimum absolute atomic E-state index is 0. The topological polar surface area (TPSA) is 66.4 Å². The summed E-state index contributed by atoms with van der Waals surface area (Å²) in [6, 6.07) is 0. The molecule has 0 aliphatic heterocycles. The van der Waals surface area contributed by atoms with Gasteiger partial charge >= 0.3 is 5.97 Å². The molecule has 1 amide bonds. The fourth-order valence-corrected chi connectivity index (χ4v) is 0.402. The number of carbonyl (C=O) groups excluding carboxylic acids is 1. The van der Waals surface area contributed by atoms with Crippen molar-refractivity contribution in [2.45, 2.75) is 12.2 Å². The van der Waals surface area contributed by atoms with Crippen molar-refractivity contribution in [1.29, 1.82) is 0 Å². The van der Waals surface area contributed by atoms with Gasteiger partial charge in [-0.15, -0.1) is 0 Å². The second kappa shape index (κ2) is 6.64. The SMILES string of the molecule is CC(S)C(=O)NCC(=O)O.[99Tc]. The van der Waals surface area contributed by atoms with Crippen LogP contribution in [0.2, 0.25) is 0 Å². The van der Waals surface area contributed by atoms with Crippen LogP contribution in [0, 0.1) is 0 Å². The van der Waals surface area contributed by atoms with Gasteiger partial charge in [0.2, 0.25) is 5.91 Å². The van der Waals surface area contributed by atoms with Crippen molar-refractivity contribution < 1.29 is 34.8 Å². The van der Waals surface area contributed by atoms with Crippen molar-refractivity contribution >= 4 is 24.5 Å². The molecule has 11 heavy (non-hydrogen) atoms. The van der Waals surface area contributed by atoms with Crippen molar-refractivity contribution in [2.24, 2.45) is 0 Å². The van der Waals surface area contributed by atoms with E-state index in [1.807, 2.05) is 0 Å². The molecule has 4 nitrogen and oxygen atoms in total. The molecule has 6 heteroatoms. The van der Waals surface area contributed by atoms with Crippen LogP contribution < -0.4 is 5.32 Å². The first-order valence-corrected chi connectivity index (χ1v) is 3.23. The van der Waals surface area contributed by atoms with E-state index >= 15 is 0 Å². The molecule has 0 heterocycles. The first-order chi connectivity index (χ1) is 4.54. The molecule has 0 spiro atoms. The van der Waals surface area contributed by atoms with Gasteiger partial charge in [0.05, 0.1) is 5.25 Å². The van der Waals surface area contributed by atoms with Crippen molar-refractivity contribution in [3.63, 3.8) is 0 Å². The van der Waals surface area contributed by atoms with Crippen LogP contribution in [0.3, 0.4) is 0 Å². The van der Waals surface area contributed by atoms with Gasteiger partial charge in [0.25, 0.3) is 0 Å². The van der Waals surface area contributed by atoms with E-state index in [0.717, 1.165) is 0 Å². The Balaban J connectivity index is 0. The van der Waals surface area contributed by atoms with Crippen LogP contribution in [-0.4, -0.2) is 28.8 Å². The van der Waals surface area contributed by atoms with Crippen LogP contribution in [-0.2, 0) is 29.7 Å². The standard InChI is InChI=1S/C5H9NO3S.Tc/c1-3(10)5(9)6-2-4(7)8;/h3,10H,2H2,1H3,(H,6,9)(H,7,8);/i;1+1. The normalized spacial score (nSPS) is 11.1. The molecule has 1 unspecified atom stereocenters. The maximum absolute atomic E-state index is 10.6. The molecule has 0 aliphatic rings. The summed E-state index contributed by atoms with van der Waals surface area (Å²) in [4.78, 5) is 20.5. The zero-order valence-corrected chi connectivity index (χ0v) is 8.63. The predicted octanol–water partition coefficient (Wildman–Crippen LogP) is -0.497. The number of thiol groups is 1. The monoisotopic (exact) mass is 262 g/mol. The summed E-state index contributed by atoms with van der Waals surface area (Å²) >= 11 is 3.79. The smallest absolute Gasteiger partial charge is 0.322 e. The Bertz CT molecular complexity index is 151. The van der Waals surface area contributed by atoms with Crippen molar-refractivity contribution in [3.05, 3.63) is 0 Å². The average Bonchev–Trinajstić information content (AvgIpc) is 1.82. The van der Waals surface area contributed by atoms with Gasteiger partial charge in [-0.05, 0) is 6.92 Å². The maximum Gasteiger partial charge on any atom is 0.322 e. The van der Waals surface area contributed by atoms with Gasteiger partial charge in [0.15, 0.2) is 0 Å². The Labute approximate surface area is 83.5 Å². The second-order valence-corrected chi connectivity index (χ2v) is 2.56. The summed E-state index contributed by atoms with van der Waals surface area (Å²) < 4.78 is 0.